The first kappa shape index (κ1) is 12.9. The molecular formula is C7H12ClN2O3PS. The Hall–Kier alpha value is -0.160. The molecule has 0 N–H and O–H groups in total. The van der Waals surface area contributed by atoms with Crippen LogP contribution in [0, 0.1) is 0 Å². The van der Waals surface area contributed by atoms with Crippen molar-refractivity contribution in [2.75, 3.05) is 20.0 Å². The van der Waals surface area contributed by atoms with Crippen molar-refractivity contribution in [2.24, 2.45) is 7.05 Å². The monoisotopic (exact) mass is 270 g/mol. The van der Waals surface area contributed by atoms with Gasteiger partial charge in [0.05, 0.1) is 0 Å². The van der Waals surface area contributed by atoms with Gasteiger partial charge in [0.1, 0.15) is 10.0 Å². The minimum absolute atomic E-state index is 0.135. The fraction of sp³-hybridized carbons (Fsp3) is 0.571. The van der Waals surface area contributed by atoms with Crippen molar-refractivity contribution < 1.29 is 13.6 Å². The van der Waals surface area contributed by atoms with E-state index in [-0.39, 0.29) is 5.88 Å². The van der Waals surface area contributed by atoms with Crippen LogP contribution in [0.3, 0.4) is 0 Å². The van der Waals surface area contributed by atoms with Gasteiger partial charge in [0.2, 0.25) is 0 Å². The summed E-state index contributed by atoms with van der Waals surface area (Å²) in [6.45, 7) is 1.36. The molecule has 1 rings (SSSR count). The van der Waals surface area contributed by atoms with Gasteiger partial charge in [-0.1, -0.05) is 11.6 Å². The second kappa shape index (κ2) is 4.78. The van der Waals surface area contributed by atoms with E-state index in [1.165, 1.54) is 25.5 Å². The van der Waals surface area contributed by atoms with Crippen molar-refractivity contribution in [1.29, 1.82) is 0 Å². The van der Waals surface area contributed by atoms with E-state index in [1.54, 1.807) is 11.7 Å². The molecule has 0 saturated carbocycles. The van der Waals surface area contributed by atoms with Gasteiger partial charge in [0.25, 0.3) is 5.88 Å². The van der Waals surface area contributed by atoms with Crippen molar-refractivity contribution >= 4 is 31.0 Å². The molecule has 1 aromatic rings. The average Bonchev–Trinajstić information content (AvgIpc) is 2.41. The number of aryl methyl sites for hydroxylation is 1. The van der Waals surface area contributed by atoms with Crippen LogP contribution in [-0.2, 0) is 16.1 Å². The molecule has 1 unspecified atom stereocenters. The molecular weight excluding hydrogens is 259 g/mol. The lowest BCUT2D eigenvalue weighted by Gasteiger charge is -2.09. The zero-order valence-electron chi connectivity index (χ0n) is 8.85. The standard InChI is InChI=1S/C7H12ClN2O3PS/c1-10-7(15-4)5(8)6(9-10)13-14(3,11)12-2/h1-4H3. The van der Waals surface area contributed by atoms with Gasteiger partial charge in [-0.25, -0.2) is 4.57 Å². The van der Waals surface area contributed by atoms with Gasteiger partial charge in [-0.15, -0.1) is 16.9 Å². The molecule has 0 aliphatic rings. The van der Waals surface area contributed by atoms with Gasteiger partial charge in [-0.05, 0) is 6.26 Å². The molecule has 1 atom stereocenters. The summed E-state index contributed by atoms with van der Waals surface area (Å²) in [4.78, 5) is 0. The van der Waals surface area contributed by atoms with Crippen LogP contribution in [0.5, 0.6) is 5.88 Å². The van der Waals surface area contributed by atoms with Crippen molar-refractivity contribution in [3.63, 3.8) is 0 Å². The van der Waals surface area contributed by atoms with Crippen molar-refractivity contribution in [3.05, 3.63) is 5.02 Å². The third-order valence-corrected chi connectivity index (χ3v) is 4.16. The average molecular weight is 271 g/mol. The number of halogens is 1. The molecule has 0 bridgehead atoms. The zero-order valence-corrected chi connectivity index (χ0v) is 11.3. The van der Waals surface area contributed by atoms with Gasteiger partial charge in [0.15, 0.2) is 0 Å². The van der Waals surface area contributed by atoms with Crippen molar-refractivity contribution in [2.45, 2.75) is 5.03 Å². The maximum absolute atomic E-state index is 11.6. The molecule has 8 heteroatoms. The summed E-state index contributed by atoms with van der Waals surface area (Å²) in [6, 6.07) is 0. The van der Waals surface area contributed by atoms with E-state index in [0.29, 0.717) is 5.02 Å². The highest BCUT2D eigenvalue weighted by Crippen LogP contribution is 2.46. The Balaban J connectivity index is 3.02. The van der Waals surface area contributed by atoms with Gasteiger partial charge in [-0.3, -0.25) is 4.68 Å². The van der Waals surface area contributed by atoms with Crippen LogP contribution in [0.15, 0.2) is 5.03 Å². The zero-order chi connectivity index (χ0) is 11.6. The van der Waals surface area contributed by atoms with E-state index < -0.39 is 7.60 Å². The molecule has 0 radical (unpaired) electrons. The van der Waals surface area contributed by atoms with Crippen LogP contribution < -0.4 is 4.52 Å². The number of nitrogens with zero attached hydrogens (tertiary/aromatic N) is 2. The lowest BCUT2D eigenvalue weighted by atomic mass is 10.7. The Morgan fingerprint density at radius 3 is 2.60 bits per heavy atom. The van der Waals surface area contributed by atoms with Gasteiger partial charge < -0.3 is 9.05 Å². The number of thioether (sulfide) groups is 1. The van der Waals surface area contributed by atoms with Crippen LogP contribution >= 0.6 is 31.0 Å². The molecule has 0 aliphatic carbocycles. The summed E-state index contributed by atoms with van der Waals surface area (Å²) in [5.74, 6) is 0.135. The van der Waals surface area contributed by atoms with Gasteiger partial charge in [-0.2, -0.15) is 0 Å². The molecule has 0 amide bonds. The Morgan fingerprint density at radius 1 is 1.60 bits per heavy atom. The second-order valence-electron chi connectivity index (χ2n) is 2.80. The van der Waals surface area contributed by atoms with Gasteiger partial charge >= 0.3 is 7.60 Å². The summed E-state index contributed by atoms with van der Waals surface area (Å²) in [5.41, 5.74) is 0. The van der Waals surface area contributed by atoms with Crippen molar-refractivity contribution in [1.82, 2.24) is 9.78 Å². The molecule has 5 nitrogen and oxygen atoms in total. The topological polar surface area (TPSA) is 53.4 Å². The van der Waals surface area contributed by atoms with E-state index in [1.807, 2.05) is 6.26 Å². The highest BCUT2D eigenvalue weighted by molar-refractivity contribution is 7.98. The molecule has 0 aliphatic heterocycles. The summed E-state index contributed by atoms with van der Waals surface area (Å²) < 4.78 is 22.9. The first-order valence-electron chi connectivity index (χ1n) is 4.00. The molecule has 86 valence electrons. The first-order chi connectivity index (χ1) is 6.91. The molecule has 0 saturated heterocycles. The van der Waals surface area contributed by atoms with Crippen LogP contribution in [0.2, 0.25) is 5.02 Å². The molecule has 15 heavy (non-hydrogen) atoms. The molecule has 0 fully saturated rings. The number of hydrogen-bond acceptors (Lipinski definition) is 5. The van der Waals surface area contributed by atoms with E-state index in [2.05, 4.69) is 5.10 Å². The third-order valence-electron chi connectivity index (χ3n) is 1.69. The van der Waals surface area contributed by atoms with Gasteiger partial charge in [0, 0.05) is 20.8 Å². The smallest absolute Gasteiger partial charge is 0.377 e. The summed E-state index contributed by atoms with van der Waals surface area (Å²) in [5, 5.41) is 5.11. The molecule has 1 aromatic heterocycles. The highest BCUT2D eigenvalue weighted by Gasteiger charge is 2.23. The van der Waals surface area contributed by atoms with E-state index in [0.717, 1.165) is 5.03 Å². The Bertz CT molecular complexity index is 409. The molecule has 1 heterocycles. The fourth-order valence-electron chi connectivity index (χ4n) is 0.933. The lowest BCUT2D eigenvalue weighted by Crippen LogP contribution is -1.95. The van der Waals surface area contributed by atoms with E-state index in [9.17, 15) is 4.57 Å². The Morgan fingerprint density at radius 2 is 2.20 bits per heavy atom. The quantitative estimate of drug-likeness (QED) is 0.622. The second-order valence-corrected chi connectivity index (χ2v) is 6.06. The number of rotatable bonds is 4. The third kappa shape index (κ3) is 2.91. The van der Waals surface area contributed by atoms with Crippen LogP contribution in [0.4, 0.5) is 0 Å². The highest BCUT2D eigenvalue weighted by atomic mass is 35.5. The summed E-state index contributed by atoms with van der Waals surface area (Å²) in [6.07, 6.45) is 1.87. The Labute approximate surface area is 97.6 Å². The van der Waals surface area contributed by atoms with Crippen LogP contribution in [-0.4, -0.2) is 29.8 Å². The summed E-state index contributed by atoms with van der Waals surface area (Å²) >= 11 is 7.42. The number of aromatic nitrogens is 2. The lowest BCUT2D eigenvalue weighted by molar-refractivity contribution is 0.323. The predicted molar refractivity (Wildman–Crippen MR) is 61.2 cm³/mol. The number of hydrogen-bond donors (Lipinski definition) is 0. The van der Waals surface area contributed by atoms with E-state index in [4.69, 9.17) is 20.6 Å². The minimum atomic E-state index is -3.11. The largest absolute Gasteiger partial charge is 0.403 e. The minimum Gasteiger partial charge on any atom is -0.403 e. The molecule has 0 spiro atoms. The first-order valence-corrected chi connectivity index (χ1v) is 7.60. The fourth-order valence-corrected chi connectivity index (χ4v) is 2.51. The predicted octanol–water partition coefficient (Wildman–Crippen LogP) is 2.64. The summed E-state index contributed by atoms with van der Waals surface area (Å²) in [7, 11) is -0.0621. The maximum atomic E-state index is 11.6. The Kier molecular flexibility index (Phi) is 4.12. The van der Waals surface area contributed by atoms with Crippen LogP contribution in [0.1, 0.15) is 0 Å². The normalized spacial score (nSPS) is 15.0. The SMILES string of the molecule is COP(C)(=O)Oc1nn(C)c(SC)c1Cl. The van der Waals surface area contributed by atoms with E-state index >= 15 is 0 Å². The maximum Gasteiger partial charge on any atom is 0.377 e. The van der Waals surface area contributed by atoms with Crippen molar-refractivity contribution in [3.8, 4) is 5.88 Å². The molecule has 0 aromatic carbocycles. The van der Waals surface area contributed by atoms with Crippen LogP contribution in [0.25, 0.3) is 0 Å².